The minimum Gasteiger partial charge on any atom is -0.393 e. The molecule has 27 heavy (non-hydrogen) atoms. The Bertz CT molecular complexity index is 1120. The van der Waals surface area contributed by atoms with E-state index in [-0.39, 0.29) is 11.7 Å². The lowest BCUT2D eigenvalue weighted by molar-refractivity contribution is 0.0973. The highest BCUT2D eigenvalue weighted by molar-refractivity contribution is 8.04. The van der Waals surface area contributed by atoms with Gasteiger partial charge in [0, 0.05) is 13.0 Å². The zero-order valence-electron chi connectivity index (χ0n) is 15.0. The van der Waals surface area contributed by atoms with Crippen LogP contribution in [0.15, 0.2) is 59.1 Å². The molecule has 0 fully saturated rings. The lowest BCUT2D eigenvalue weighted by Gasteiger charge is -2.19. The summed E-state index contributed by atoms with van der Waals surface area (Å²) in [4.78, 5) is 17.9. The summed E-state index contributed by atoms with van der Waals surface area (Å²) in [6, 6.07) is 17.8. The number of hydrogen-bond acceptors (Lipinski definition) is 5. The van der Waals surface area contributed by atoms with Crippen molar-refractivity contribution in [2.45, 2.75) is 18.1 Å². The molecule has 4 rings (SSSR count). The zero-order chi connectivity index (χ0) is 19.1. The van der Waals surface area contributed by atoms with Crippen molar-refractivity contribution in [3.05, 3.63) is 76.1 Å². The molecule has 1 aliphatic heterocycles. The average Bonchev–Trinajstić information content (AvgIpc) is 3.19. The molecule has 2 heterocycles. The average molecular weight is 374 g/mol. The number of carbonyl (C=O) groups excluding carboxylic acids is 1. The van der Waals surface area contributed by atoms with E-state index in [1.54, 1.807) is 0 Å². The number of rotatable bonds is 3. The summed E-state index contributed by atoms with van der Waals surface area (Å²) >= 11 is 1.26. The highest BCUT2D eigenvalue weighted by Gasteiger charge is 2.42. The zero-order valence-corrected chi connectivity index (χ0v) is 15.8. The lowest BCUT2D eigenvalue weighted by atomic mass is 9.87. The first kappa shape index (κ1) is 17.4. The Kier molecular flexibility index (Phi) is 4.25. The molecule has 1 aromatic heterocycles. The minimum absolute atomic E-state index is 0.113. The number of ketones is 1. The summed E-state index contributed by atoms with van der Waals surface area (Å²) in [6.45, 7) is 2.00. The lowest BCUT2D eigenvalue weighted by Crippen LogP contribution is -2.25. The van der Waals surface area contributed by atoms with Crippen molar-refractivity contribution in [1.82, 2.24) is 9.55 Å². The first-order valence-corrected chi connectivity index (χ1v) is 9.48. The number of allylic oxidation sites excluding steroid dienone is 1. The molecule has 0 spiro atoms. The second-order valence-corrected chi connectivity index (χ2v) is 7.85. The third-order valence-electron chi connectivity index (χ3n) is 4.96. The van der Waals surface area contributed by atoms with Crippen molar-refractivity contribution < 1.29 is 4.79 Å². The molecule has 134 valence electrons. The summed E-state index contributed by atoms with van der Waals surface area (Å²) < 4.78 is 1.81. The Morgan fingerprint density at radius 2 is 1.93 bits per heavy atom. The molecule has 0 amide bonds. The second-order valence-electron chi connectivity index (χ2n) is 6.66. The molecule has 0 saturated carbocycles. The predicted octanol–water partition coefficient (Wildman–Crippen LogP) is 3.66. The molecule has 0 aliphatic carbocycles. The van der Waals surface area contributed by atoms with Gasteiger partial charge in [0.2, 0.25) is 5.78 Å². The van der Waals surface area contributed by atoms with Gasteiger partial charge in [0.15, 0.2) is 5.82 Å². The minimum atomic E-state index is -0.502. The van der Waals surface area contributed by atoms with Crippen LogP contribution in [0.1, 0.15) is 27.7 Å². The molecule has 2 atom stereocenters. The smallest absolute Gasteiger partial charge is 0.212 e. The fraction of sp³-hybridized carbons (Fsp3) is 0.190. The van der Waals surface area contributed by atoms with E-state index in [9.17, 15) is 10.1 Å². The maximum absolute atomic E-state index is 13.4. The number of benzene rings is 2. The van der Waals surface area contributed by atoms with E-state index in [0.717, 1.165) is 22.2 Å². The molecule has 5 nitrogen and oxygen atoms in total. The quantitative estimate of drug-likeness (QED) is 0.707. The fourth-order valence-electron chi connectivity index (χ4n) is 3.51. The predicted molar refractivity (Wildman–Crippen MR) is 107 cm³/mol. The Hall–Kier alpha value is -3.04. The summed E-state index contributed by atoms with van der Waals surface area (Å²) in [7, 11) is 1.84. The molecule has 2 aromatic carbocycles. The van der Waals surface area contributed by atoms with E-state index in [4.69, 9.17) is 5.73 Å². The highest BCUT2D eigenvalue weighted by atomic mass is 32.2. The number of aryl methyl sites for hydroxylation is 2. The van der Waals surface area contributed by atoms with E-state index in [2.05, 4.69) is 11.1 Å². The van der Waals surface area contributed by atoms with Crippen LogP contribution in [0.4, 0.5) is 0 Å². The van der Waals surface area contributed by atoms with Gasteiger partial charge in [0.1, 0.15) is 0 Å². The van der Waals surface area contributed by atoms with E-state index < -0.39 is 5.25 Å². The first-order chi connectivity index (χ1) is 13.0. The number of carbonyl (C=O) groups is 1. The summed E-state index contributed by atoms with van der Waals surface area (Å²) in [5.74, 6) is -0.0943. The molecule has 0 saturated heterocycles. The molecule has 3 aromatic rings. The van der Waals surface area contributed by atoms with Crippen molar-refractivity contribution in [3.63, 3.8) is 0 Å². The third kappa shape index (κ3) is 2.81. The van der Waals surface area contributed by atoms with E-state index in [1.165, 1.54) is 11.8 Å². The summed E-state index contributed by atoms with van der Waals surface area (Å²) in [5, 5.41) is 9.54. The Labute approximate surface area is 161 Å². The van der Waals surface area contributed by atoms with Gasteiger partial charge in [-0.15, -0.1) is 0 Å². The van der Waals surface area contributed by atoms with Crippen LogP contribution in [-0.2, 0) is 7.05 Å². The van der Waals surface area contributed by atoms with Gasteiger partial charge in [-0.05, 0) is 24.6 Å². The van der Waals surface area contributed by atoms with Crippen LogP contribution in [0.3, 0.4) is 0 Å². The molecule has 1 aliphatic rings. The van der Waals surface area contributed by atoms with Crippen LogP contribution in [0, 0.1) is 18.3 Å². The Morgan fingerprint density at radius 3 is 2.59 bits per heavy atom. The van der Waals surface area contributed by atoms with Crippen molar-refractivity contribution in [2.24, 2.45) is 12.8 Å². The van der Waals surface area contributed by atoms with E-state index >= 15 is 0 Å². The molecule has 0 unspecified atom stereocenters. The van der Waals surface area contributed by atoms with Crippen LogP contribution in [0.25, 0.3) is 11.0 Å². The van der Waals surface area contributed by atoms with E-state index in [1.807, 2.05) is 67.1 Å². The first-order valence-electron chi connectivity index (χ1n) is 8.60. The van der Waals surface area contributed by atoms with Gasteiger partial charge in [-0.2, -0.15) is 5.26 Å². The van der Waals surface area contributed by atoms with Crippen molar-refractivity contribution in [1.29, 1.82) is 5.26 Å². The normalized spacial score (nSPS) is 19.4. The molecule has 6 heteroatoms. The topological polar surface area (TPSA) is 84.7 Å². The third-order valence-corrected chi connectivity index (χ3v) is 6.17. The van der Waals surface area contributed by atoms with Crippen molar-refractivity contribution >= 4 is 28.6 Å². The fourth-order valence-corrected chi connectivity index (χ4v) is 4.73. The van der Waals surface area contributed by atoms with Gasteiger partial charge in [0.05, 0.1) is 33.0 Å². The van der Waals surface area contributed by atoms with Crippen molar-refractivity contribution in [2.75, 3.05) is 0 Å². The largest absolute Gasteiger partial charge is 0.393 e. The van der Waals surface area contributed by atoms with Crippen LogP contribution < -0.4 is 5.73 Å². The number of nitrogens with two attached hydrogens (primary N) is 1. The van der Waals surface area contributed by atoms with Gasteiger partial charge in [-0.25, -0.2) is 4.98 Å². The maximum atomic E-state index is 13.4. The van der Waals surface area contributed by atoms with Gasteiger partial charge >= 0.3 is 0 Å². The summed E-state index contributed by atoms with van der Waals surface area (Å²) in [6.07, 6.45) is 0. The molecule has 0 bridgehead atoms. The second kappa shape index (κ2) is 6.60. The number of para-hydroxylation sites is 2. The number of aromatic nitrogens is 2. The number of hydrogen-bond donors (Lipinski definition) is 1. The standard InChI is InChI=1S/C21H18N4OS/c1-12-7-9-13(10-8-12)17-14(11-22)20(23)27-19(17)18(26)21-24-15-5-3-4-6-16(15)25(21)2/h3-10,17,19H,23H2,1-2H3/t17-,19-/m1/s1. The maximum Gasteiger partial charge on any atom is 0.212 e. The van der Waals surface area contributed by atoms with E-state index in [0.29, 0.717) is 16.4 Å². The number of fused-ring (bicyclic) bond motifs is 1. The molecular weight excluding hydrogens is 356 g/mol. The van der Waals surface area contributed by atoms with Crippen molar-refractivity contribution in [3.8, 4) is 6.07 Å². The monoisotopic (exact) mass is 374 g/mol. The number of thioether (sulfide) groups is 1. The molecule has 0 radical (unpaired) electrons. The number of nitrogens with zero attached hydrogens (tertiary/aromatic N) is 3. The molecular formula is C21H18N4OS. The number of Topliss-reactive ketones (excluding diaryl/α,β-unsaturated/α-hetero) is 1. The van der Waals surface area contributed by atoms with Crippen LogP contribution in [-0.4, -0.2) is 20.6 Å². The Morgan fingerprint density at radius 1 is 1.22 bits per heavy atom. The van der Waals surface area contributed by atoms with Gasteiger partial charge in [-0.1, -0.05) is 53.7 Å². The van der Waals surface area contributed by atoms with Gasteiger partial charge in [0.25, 0.3) is 0 Å². The van der Waals surface area contributed by atoms with Crippen LogP contribution >= 0.6 is 11.8 Å². The summed E-state index contributed by atoms with van der Waals surface area (Å²) in [5.41, 5.74) is 10.3. The van der Waals surface area contributed by atoms with Gasteiger partial charge < -0.3 is 10.3 Å². The Balaban J connectivity index is 1.79. The van der Waals surface area contributed by atoms with Crippen LogP contribution in [0.5, 0.6) is 0 Å². The van der Waals surface area contributed by atoms with Crippen LogP contribution in [0.2, 0.25) is 0 Å². The highest BCUT2D eigenvalue weighted by Crippen LogP contribution is 2.46. The number of nitriles is 1. The molecule has 2 N–H and O–H groups in total. The number of imidazole rings is 1. The van der Waals surface area contributed by atoms with Gasteiger partial charge in [-0.3, -0.25) is 4.79 Å². The SMILES string of the molecule is Cc1ccc([C@@H]2C(C#N)=C(N)S[C@H]2C(=O)c2nc3ccccc3n2C)cc1.